The fourth-order valence-electron chi connectivity index (χ4n) is 2.79. The maximum Gasteiger partial charge on any atom is 0.226 e. The Hall–Kier alpha value is -2.47. The zero-order chi connectivity index (χ0) is 16.8. The third kappa shape index (κ3) is 4.08. The van der Waals surface area contributed by atoms with Gasteiger partial charge in [-0.25, -0.2) is 9.97 Å². The second kappa shape index (κ2) is 7.88. The van der Waals surface area contributed by atoms with Crippen LogP contribution >= 0.6 is 0 Å². The molecule has 1 saturated heterocycles. The summed E-state index contributed by atoms with van der Waals surface area (Å²) in [5.41, 5.74) is 2.96. The lowest BCUT2D eigenvalue weighted by Crippen LogP contribution is -2.35. The number of amides is 1. The van der Waals surface area contributed by atoms with Crippen LogP contribution in [-0.2, 0) is 22.7 Å². The molecule has 6 heteroatoms. The van der Waals surface area contributed by atoms with Crippen molar-refractivity contribution in [3.63, 3.8) is 0 Å². The second-order valence-electron chi connectivity index (χ2n) is 5.85. The van der Waals surface area contributed by atoms with E-state index in [2.05, 4.69) is 15.3 Å². The maximum atomic E-state index is 12.0. The van der Waals surface area contributed by atoms with Crippen LogP contribution in [0.15, 0.2) is 36.7 Å². The monoisotopic (exact) mass is 326 g/mol. The van der Waals surface area contributed by atoms with Crippen molar-refractivity contribution in [2.24, 2.45) is 0 Å². The molecule has 126 valence electrons. The average molecular weight is 326 g/mol. The topological polar surface area (TPSA) is 67.3 Å². The number of hydrogen-bond donors (Lipinski definition) is 1. The van der Waals surface area contributed by atoms with Crippen molar-refractivity contribution in [3.05, 3.63) is 47.9 Å². The number of nitrogens with zero attached hydrogens (tertiary/aromatic N) is 3. The zero-order valence-electron chi connectivity index (χ0n) is 13.9. The van der Waals surface area contributed by atoms with E-state index in [9.17, 15) is 4.79 Å². The first-order valence-corrected chi connectivity index (χ1v) is 8.19. The van der Waals surface area contributed by atoms with Crippen LogP contribution in [0.2, 0.25) is 0 Å². The summed E-state index contributed by atoms with van der Waals surface area (Å²) in [5, 5.41) is 3.28. The van der Waals surface area contributed by atoms with Crippen LogP contribution < -0.4 is 10.2 Å². The molecule has 0 radical (unpaired) electrons. The van der Waals surface area contributed by atoms with Crippen LogP contribution in [0.4, 0.5) is 11.5 Å². The van der Waals surface area contributed by atoms with Crippen molar-refractivity contribution >= 4 is 17.4 Å². The summed E-state index contributed by atoms with van der Waals surface area (Å²) >= 11 is 0. The molecule has 1 N–H and O–H groups in total. The highest BCUT2D eigenvalue weighted by atomic mass is 16.5. The van der Waals surface area contributed by atoms with Crippen molar-refractivity contribution in [2.45, 2.75) is 32.4 Å². The largest absolute Gasteiger partial charge is 0.378 e. The van der Waals surface area contributed by atoms with Crippen LogP contribution in [-0.4, -0.2) is 29.5 Å². The second-order valence-corrected chi connectivity index (χ2v) is 5.85. The molecule has 0 saturated carbocycles. The first-order valence-electron chi connectivity index (χ1n) is 8.19. The summed E-state index contributed by atoms with van der Waals surface area (Å²) in [5.74, 6) is 0.992. The van der Waals surface area contributed by atoms with Crippen LogP contribution in [0.3, 0.4) is 0 Å². The molecule has 0 atom stereocenters. The summed E-state index contributed by atoms with van der Waals surface area (Å²) in [4.78, 5) is 22.2. The van der Waals surface area contributed by atoms with Gasteiger partial charge in [0.15, 0.2) is 0 Å². The lowest BCUT2D eigenvalue weighted by molar-refractivity contribution is -0.119. The van der Waals surface area contributed by atoms with Gasteiger partial charge in [-0.2, -0.15) is 0 Å². The Balaban J connectivity index is 1.60. The number of rotatable bonds is 6. The number of anilines is 2. The molecule has 1 aromatic heterocycles. The van der Waals surface area contributed by atoms with Crippen molar-refractivity contribution in [1.82, 2.24) is 9.97 Å². The van der Waals surface area contributed by atoms with Gasteiger partial charge < -0.3 is 15.0 Å². The molecular weight excluding hydrogens is 304 g/mol. The van der Waals surface area contributed by atoms with Gasteiger partial charge in [-0.15, -0.1) is 0 Å². The van der Waals surface area contributed by atoms with Gasteiger partial charge >= 0.3 is 0 Å². The van der Waals surface area contributed by atoms with E-state index in [1.165, 1.54) is 6.33 Å². The van der Waals surface area contributed by atoms with E-state index in [4.69, 9.17) is 4.74 Å². The fourth-order valence-corrected chi connectivity index (χ4v) is 2.79. The minimum Gasteiger partial charge on any atom is -0.378 e. The number of aromatic nitrogens is 2. The highest BCUT2D eigenvalue weighted by Crippen LogP contribution is 2.21. The Labute approximate surface area is 141 Å². The third-order valence-corrected chi connectivity index (χ3v) is 4.06. The third-order valence-electron chi connectivity index (χ3n) is 4.06. The zero-order valence-corrected chi connectivity index (χ0v) is 13.9. The minimum atomic E-state index is 0.221. The smallest absolute Gasteiger partial charge is 0.226 e. The van der Waals surface area contributed by atoms with Gasteiger partial charge in [0.2, 0.25) is 5.91 Å². The maximum absolute atomic E-state index is 12.0. The molecular formula is C18H22N4O2. The number of benzene rings is 1. The van der Waals surface area contributed by atoms with Crippen molar-refractivity contribution in [2.75, 3.05) is 23.9 Å². The van der Waals surface area contributed by atoms with Gasteiger partial charge in [0.25, 0.3) is 0 Å². The fraction of sp³-hybridized carbons (Fsp3) is 0.389. The Morgan fingerprint density at radius 3 is 2.79 bits per heavy atom. The van der Waals surface area contributed by atoms with Crippen LogP contribution in [0.1, 0.15) is 30.5 Å². The normalized spacial score (nSPS) is 14.7. The lowest BCUT2D eigenvalue weighted by Gasteiger charge is -2.26. The van der Waals surface area contributed by atoms with Gasteiger partial charge in [-0.3, -0.25) is 4.79 Å². The molecule has 6 nitrogen and oxygen atoms in total. The van der Waals surface area contributed by atoms with Gasteiger partial charge in [0.1, 0.15) is 12.1 Å². The van der Waals surface area contributed by atoms with E-state index < -0.39 is 0 Å². The van der Waals surface area contributed by atoms with E-state index in [1.54, 1.807) is 7.11 Å². The van der Waals surface area contributed by atoms with Crippen LogP contribution in [0, 0.1) is 0 Å². The highest BCUT2D eigenvalue weighted by Gasteiger charge is 2.19. The number of carbonyl (C=O) groups excluding carboxylic acids is 1. The molecule has 1 amide bonds. The number of piperidine rings is 1. The van der Waals surface area contributed by atoms with Crippen molar-refractivity contribution in [1.29, 1.82) is 0 Å². The molecule has 0 bridgehead atoms. The molecule has 0 aliphatic carbocycles. The SMILES string of the molecule is COCc1cc(NCc2ccc(N3CCCCC3=O)cc2)ncn1. The number of methoxy groups -OCH3 is 1. The van der Waals surface area contributed by atoms with Crippen molar-refractivity contribution in [3.8, 4) is 0 Å². The summed E-state index contributed by atoms with van der Waals surface area (Å²) in [7, 11) is 1.64. The number of carbonyl (C=O) groups is 1. The summed E-state index contributed by atoms with van der Waals surface area (Å²) in [6.07, 6.45) is 4.26. The Kier molecular flexibility index (Phi) is 5.38. The Morgan fingerprint density at radius 1 is 1.21 bits per heavy atom. The van der Waals surface area contributed by atoms with E-state index >= 15 is 0 Å². The van der Waals surface area contributed by atoms with Crippen molar-refractivity contribution < 1.29 is 9.53 Å². The predicted molar refractivity (Wildman–Crippen MR) is 92.7 cm³/mol. The van der Waals surface area contributed by atoms with Gasteiger partial charge in [0.05, 0.1) is 12.3 Å². The van der Waals surface area contributed by atoms with E-state index in [0.29, 0.717) is 19.6 Å². The van der Waals surface area contributed by atoms with Gasteiger partial charge in [-0.1, -0.05) is 12.1 Å². The molecule has 1 aliphatic rings. The molecule has 1 aliphatic heterocycles. The molecule has 0 unspecified atom stereocenters. The highest BCUT2D eigenvalue weighted by molar-refractivity contribution is 5.93. The van der Waals surface area contributed by atoms with E-state index in [1.807, 2.05) is 35.2 Å². The Bertz CT molecular complexity index is 688. The molecule has 1 aromatic carbocycles. The molecule has 3 rings (SSSR count). The lowest BCUT2D eigenvalue weighted by atomic mass is 10.1. The number of hydrogen-bond acceptors (Lipinski definition) is 5. The summed E-state index contributed by atoms with van der Waals surface area (Å²) in [6.45, 7) is 1.95. The Morgan fingerprint density at radius 2 is 2.04 bits per heavy atom. The molecule has 1 fully saturated rings. The predicted octanol–water partition coefficient (Wildman–Crippen LogP) is 2.75. The molecule has 2 aromatic rings. The number of ether oxygens (including phenoxy) is 1. The summed E-state index contributed by atoms with van der Waals surface area (Å²) < 4.78 is 5.07. The van der Waals surface area contributed by atoms with Gasteiger partial charge in [0, 0.05) is 38.4 Å². The quantitative estimate of drug-likeness (QED) is 0.884. The van der Waals surface area contributed by atoms with Crippen LogP contribution in [0.25, 0.3) is 0 Å². The number of nitrogens with one attached hydrogen (secondary N) is 1. The molecule has 2 heterocycles. The molecule has 24 heavy (non-hydrogen) atoms. The minimum absolute atomic E-state index is 0.221. The first kappa shape index (κ1) is 16.4. The summed E-state index contributed by atoms with van der Waals surface area (Å²) in [6, 6.07) is 9.99. The van der Waals surface area contributed by atoms with Crippen LogP contribution in [0.5, 0.6) is 0 Å². The van der Waals surface area contributed by atoms with E-state index in [-0.39, 0.29) is 5.91 Å². The first-order chi connectivity index (χ1) is 11.8. The van der Waals surface area contributed by atoms with Gasteiger partial charge in [-0.05, 0) is 30.5 Å². The molecule has 0 spiro atoms. The van der Waals surface area contributed by atoms with E-state index in [0.717, 1.165) is 42.1 Å². The standard InChI is InChI=1S/C18H22N4O2/c1-24-12-15-10-17(21-13-20-15)19-11-14-5-7-16(8-6-14)22-9-3-2-4-18(22)23/h5-8,10,13H,2-4,9,11-12H2,1H3,(H,19,20,21). The average Bonchev–Trinajstić information content (AvgIpc) is 2.62.